The average molecular weight is 330 g/mol. The number of nitrogens with zero attached hydrogens (tertiary/aromatic N) is 3. The van der Waals surface area contributed by atoms with Gasteiger partial charge in [-0.3, -0.25) is 14.6 Å². The Balaban J connectivity index is 1.42. The molecule has 1 aromatic rings. The molecule has 130 valence electrons. The highest BCUT2D eigenvalue weighted by Crippen LogP contribution is 2.35. The summed E-state index contributed by atoms with van der Waals surface area (Å²) < 4.78 is 2.17. The number of amides is 3. The van der Waals surface area contributed by atoms with Gasteiger partial charge < -0.3 is 9.88 Å². The molecule has 0 radical (unpaired) electrons. The van der Waals surface area contributed by atoms with Gasteiger partial charge in [-0.2, -0.15) is 0 Å². The second-order valence-electron chi connectivity index (χ2n) is 7.41. The molecule has 0 bridgehead atoms. The van der Waals surface area contributed by atoms with Gasteiger partial charge in [-0.25, -0.2) is 4.79 Å². The number of aromatic nitrogens is 1. The molecule has 2 saturated heterocycles. The largest absolute Gasteiger partial charge is 0.353 e. The number of aryl methyl sites for hydroxylation is 1. The van der Waals surface area contributed by atoms with Crippen LogP contribution in [0, 0.1) is 0 Å². The third kappa shape index (κ3) is 2.44. The zero-order valence-electron chi connectivity index (χ0n) is 14.3. The first-order chi connectivity index (χ1) is 11.6. The standard InChI is InChI=1S/C18H26N4O2/c1-20-10-4-6-14(20)15-7-5-11-21(15)12-13-22-16(23)18(19-17(22)24)8-2-3-9-18/h4,6,10,15H,2-3,5,7-9,11-13H2,1H3,(H,19,24)/t15-/m0/s1. The summed E-state index contributed by atoms with van der Waals surface area (Å²) in [6, 6.07) is 4.44. The van der Waals surface area contributed by atoms with Crippen LogP contribution in [0.3, 0.4) is 0 Å². The topological polar surface area (TPSA) is 57.6 Å². The lowest BCUT2D eigenvalue weighted by Crippen LogP contribution is -2.44. The molecule has 4 rings (SSSR count). The van der Waals surface area contributed by atoms with Crippen molar-refractivity contribution in [1.29, 1.82) is 0 Å². The number of urea groups is 1. The zero-order valence-corrected chi connectivity index (χ0v) is 14.3. The fourth-order valence-electron chi connectivity index (χ4n) is 4.67. The summed E-state index contributed by atoms with van der Waals surface area (Å²) in [5.41, 5.74) is 0.733. The number of carbonyl (C=O) groups excluding carboxylic acids is 2. The minimum absolute atomic E-state index is 0.000358. The summed E-state index contributed by atoms with van der Waals surface area (Å²) in [7, 11) is 2.08. The second-order valence-corrected chi connectivity index (χ2v) is 7.41. The molecule has 24 heavy (non-hydrogen) atoms. The molecule has 1 aliphatic carbocycles. The first-order valence-corrected chi connectivity index (χ1v) is 9.10. The Kier molecular flexibility index (Phi) is 3.87. The highest BCUT2D eigenvalue weighted by molar-refractivity contribution is 6.07. The van der Waals surface area contributed by atoms with Crippen molar-refractivity contribution < 1.29 is 9.59 Å². The molecule has 1 N–H and O–H groups in total. The Hall–Kier alpha value is -1.82. The number of nitrogens with one attached hydrogen (secondary N) is 1. The first kappa shape index (κ1) is 15.7. The SMILES string of the molecule is Cn1cccc1[C@@H]1CCCN1CCN1C(=O)NC2(CCCC2)C1=O. The Labute approximate surface area is 142 Å². The van der Waals surface area contributed by atoms with Crippen molar-refractivity contribution in [3.63, 3.8) is 0 Å². The van der Waals surface area contributed by atoms with Crippen molar-refractivity contribution in [2.24, 2.45) is 7.05 Å². The van der Waals surface area contributed by atoms with E-state index in [1.165, 1.54) is 17.0 Å². The van der Waals surface area contributed by atoms with Crippen molar-refractivity contribution in [2.45, 2.75) is 50.1 Å². The van der Waals surface area contributed by atoms with Crippen LogP contribution in [0.2, 0.25) is 0 Å². The molecule has 6 nitrogen and oxygen atoms in total. The van der Waals surface area contributed by atoms with Crippen molar-refractivity contribution in [1.82, 2.24) is 19.7 Å². The Bertz CT molecular complexity index is 647. The molecule has 1 spiro atoms. The number of imide groups is 1. The molecule has 3 heterocycles. The van der Waals surface area contributed by atoms with E-state index in [-0.39, 0.29) is 11.9 Å². The van der Waals surface area contributed by atoms with Crippen LogP contribution in [-0.2, 0) is 11.8 Å². The van der Waals surface area contributed by atoms with Gasteiger partial charge in [0.25, 0.3) is 5.91 Å². The van der Waals surface area contributed by atoms with Gasteiger partial charge in [-0.05, 0) is 44.4 Å². The summed E-state index contributed by atoms with van der Waals surface area (Å²) in [4.78, 5) is 28.9. The van der Waals surface area contributed by atoms with Crippen LogP contribution in [0.1, 0.15) is 50.3 Å². The highest BCUT2D eigenvalue weighted by Gasteiger charge is 2.52. The van der Waals surface area contributed by atoms with Crippen LogP contribution in [-0.4, -0.2) is 51.5 Å². The molecule has 1 atom stereocenters. The van der Waals surface area contributed by atoms with Gasteiger partial charge in [0.1, 0.15) is 5.54 Å². The van der Waals surface area contributed by atoms with Crippen LogP contribution in [0.25, 0.3) is 0 Å². The summed E-state index contributed by atoms with van der Waals surface area (Å²) in [5.74, 6) is -0.000358. The smallest absolute Gasteiger partial charge is 0.325 e. The normalized spacial score (nSPS) is 26.7. The van der Waals surface area contributed by atoms with E-state index in [9.17, 15) is 9.59 Å². The lowest BCUT2D eigenvalue weighted by Gasteiger charge is -2.27. The number of rotatable bonds is 4. The highest BCUT2D eigenvalue weighted by atomic mass is 16.2. The van der Waals surface area contributed by atoms with Crippen LogP contribution < -0.4 is 5.32 Å². The number of likely N-dealkylation sites (tertiary alicyclic amines) is 1. The maximum Gasteiger partial charge on any atom is 0.325 e. The van der Waals surface area contributed by atoms with E-state index in [0.29, 0.717) is 12.6 Å². The van der Waals surface area contributed by atoms with E-state index in [4.69, 9.17) is 0 Å². The lowest BCUT2D eigenvalue weighted by molar-refractivity contribution is -0.131. The quantitative estimate of drug-likeness (QED) is 0.860. The van der Waals surface area contributed by atoms with Crippen molar-refractivity contribution in [2.75, 3.05) is 19.6 Å². The fraction of sp³-hybridized carbons (Fsp3) is 0.667. The van der Waals surface area contributed by atoms with Crippen molar-refractivity contribution in [3.8, 4) is 0 Å². The fourth-order valence-corrected chi connectivity index (χ4v) is 4.67. The second kappa shape index (κ2) is 5.92. The zero-order chi connectivity index (χ0) is 16.7. The number of hydrogen-bond acceptors (Lipinski definition) is 3. The summed E-state index contributed by atoms with van der Waals surface area (Å²) >= 11 is 0. The molecule has 2 aliphatic heterocycles. The van der Waals surface area contributed by atoms with Crippen LogP contribution in [0.4, 0.5) is 4.79 Å². The Morgan fingerprint density at radius 1 is 1.21 bits per heavy atom. The monoisotopic (exact) mass is 330 g/mol. The van der Waals surface area contributed by atoms with E-state index < -0.39 is 5.54 Å². The first-order valence-electron chi connectivity index (χ1n) is 9.10. The van der Waals surface area contributed by atoms with E-state index in [2.05, 4.69) is 40.2 Å². The van der Waals surface area contributed by atoms with E-state index in [1.54, 1.807) is 0 Å². The van der Waals surface area contributed by atoms with Crippen molar-refractivity contribution in [3.05, 3.63) is 24.0 Å². The Morgan fingerprint density at radius 2 is 2.00 bits per heavy atom. The number of carbonyl (C=O) groups is 2. The van der Waals surface area contributed by atoms with E-state index in [1.807, 2.05) is 0 Å². The van der Waals surface area contributed by atoms with Crippen molar-refractivity contribution >= 4 is 11.9 Å². The molecule has 1 saturated carbocycles. The van der Waals surface area contributed by atoms with Gasteiger partial charge in [-0.15, -0.1) is 0 Å². The molecule has 0 unspecified atom stereocenters. The van der Waals surface area contributed by atoms with Crippen LogP contribution >= 0.6 is 0 Å². The molecular formula is C18H26N4O2. The molecule has 3 amide bonds. The molecule has 6 heteroatoms. The summed E-state index contributed by atoms with van der Waals surface area (Å²) in [6.45, 7) is 2.28. The van der Waals surface area contributed by atoms with Gasteiger partial charge >= 0.3 is 6.03 Å². The molecule has 3 fully saturated rings. The average Bonchev–Trinajstić information content (AvgIpc) is 3.30. The van der Waals surface area contributed by atoms with Crippen LogP contribution in [0.15, 0.2) is 18.3 Å². The molecule has 1 aromatic heterocycles. The predicted octanol–water partition coefficient (Wildman–Crippen LogP) is 2.03. The van der Waals surface area contributed by atoms with E-state index >= 15 is 0 Å². The molecule has 0 aromatic carbocycles. The Morgan fingerprint density at radius 3 is 2.71 bits per heavy atom. The third-order valence-electron chi connectivity index (χ3n) is 6.00. The van der Waals surface area contributed by atoms with Crippen LogP contribution in [0.5, 0.6) is 0 Å². The molecular weight excluding hydrogens is 304 g/mol. The summed E-state index contributed by atoms with van der Waals surface area (Å²) in [6.07, 6.45) is 8.03. The maximum atomic E-state index is 12.7. The maximum absolute atomic E-state index is 12.7. The predicted molar refractivity (Wildman–Crippen MR) is 90.4 cm³/mol. The van der Waals surface area contributed by atoms with Gasteiger partial charge in [0.15, 0.2) is 0 Å². The number of hydrogen-bond donors (Lipinski definition) is 1. The third-order valence-corrected chi connectivity index (χ3v) is 6.00. The van der Waals surface area contributed by atoms with E-state index in [0.717, 1.165) is 45.2 Å². The summed E-state index contributed by atoms with van der Waals surface area (Å²) in [5, 5.41) is 2.97. The van der Waals surface area contributed by atoms with Gasteiger partial charge in [0, 0.05) is 32.0 Å². The molecule has 3 aliphatic rings. The lowest BCUT2D eigenvalue weighted by atomic mass is 9.98. The minimum atomic E-state index is -0.584. The minimum Gasteiger partial charge on any atom is -0.353 e. The van der Waals surface area contributed by atoms with Gasteiger partial charge in [0.2, 0.25) is 0 Å². The van der Waals surface area contributed by atoms with Gasteiger partial charge in [-0.1, -0.05) is 12.8 Å². The van der Waals surface area contributed by atoms with Gasteiger partial charge in [0.05, 0.1) is 6.04 Å².